The van der Waals surface area contributed by atoms with Gasteiger partial charge in [0, 0.05) is 34.5 Å². The number of terminal acetylenes is 2. The van der Waals surface area contributed by atoms with Gasteiger partial charge in [-0.3, -0.25) is 0 Å². The molecule has 1 heterocycles. The summed E-state index contributed by atoms with van der Waals surface area (Å²) in [6.07, 6.45) is 10.9. The van der Waals surface area contributed by atoms with Gasteiger partial charge >= 0.3 is 0 Å². The van der Waals surface area contributed by atoms with Crippen LogP contribution in [0.15, 0.2) is 36.4 Å². The van der Waals surface area contributed by atoms with E-state index in [4.69, 9.17) is 12.8 Å². The summed E-state index contributed by atoms with van der Waals surface area (Å²) < 4.78 is 2.14. The predicted molar refractivity (Wildman–Crippen MR) is 76.3 cm³/mol. The van der Waals surface area contributed by atoms with E-state index in [-0.39, 0.29) is 0 Å². The van der Waals surface area contributed by atoms with E-state index in [1.165, 1.54) is 10.8 Å². The van der Waals surface area contributed by atoms with Crippen LogP contribution in [0.3, 0.4) is 0 Å². The van der Waals surface area contributed by atoms with Crippen molar-refractivity contribution in [2.24, 2.45) is 7.05 Å². The van der Waals surface area contributed by atoms with Crippen molar-refractivity contribution >= 4 is 21.8 Å². The second kappa shape index (κ2) is 3.69. The maximum atomic E-state index is 5.45. The Bertz CT molecular complexity index is 851. The molecule has 0 amide bonds. The van der Waals surface area contributed by atoms with Gasteiger partial charge in [0.2, 0.25) is 0 Å². The van der Waals surface area contributed by atoms with E-state index in [2.05, 4.69) is 28.5 Å². The minimum absolute atomic E-state index is 0.894. The Morgan fingerprint density at radius 1 is 0.833 bits per heavy atom. The van der Waals surface area contributed by atoms with Gasteiger partial charge in [-0.2, -0.15) is 0 Å². The van der Waals surface area contributed by atoms with E-state index in [0.717, 1.165) is 22.2 Å². The summed E-state index contributed by atoms with van der Waals surface area (Å²) in [6.45, 7) is 0. The van der Waals surface area contributed by atoms with Gasteiger partial charge in [0.25, 0.3) is 0 Å². The lowest BCUT2D eigenvalue weighted by Gasteiger charge is -1.98. The van der Waals surface area contributed by atoms with Crippen LogP contribution >= 0.6 is 0 Å². The molecule has 0 atom stereocenters. The van der Waals surface area contributed by atoms with E-state index < -0.39 is 0 Å². The van der Waals surface area contributed by atoms with Crippen molar-refractivity contribution in [1.82, 2.24) is 4.57 Å². The molecule has 1 nitrogen and oxygen atoms in total. The molecule has 0 aliphatic rings. The minimum atomic E-state index is 0.894. The third kappa shape index (κ3) is 1.32. The molecule has 1 heteroatoms. The Morgan fingerprint density at radius 2 is 1.50 bits per heavy atom. The Hall–Kier alpha value is -2.64. The highest BCUT2D eigenvalue weighted by molar-refractivity contribution is 6.08. The van der Waals surface area contributed by atoms with E-state index >= 15 is 0 Å². The zero-order chi connectivity index (χ0) is 12.7. The van der Waals surface area contributed by atoms with Crippen molar-refractivity contribution in [3.63, 3.8) is 0 Å². The van der Waals surface area contributed by atoms with Gasteiger partial charge in [-0.15, -0.1) is 12.8 Å². The van der Waals surface area contributed by atoms with Crippen LogP contribution in [0.5, 0.6) is 0 Å². The summed E-state index contributed by atoms with van der Waals surface area (Å²) in [6, 6.07) is 12.1. The van der Waals surface area contributed by atoms with Gasteiger partial charge in [0.1, 0.15) is 0 Å². The summed E-state index contributed by atoms with van der Waals surface area (Å²) in [5, 5.41) is 2.36. The average Bonchev–Trinajstić information content (AvgIpc) is 2.71. The van der Waals surface area contributed by atoms with E-state index in [0.29, 0.717) is 0 Å². The molecule has 0 aliphatic heterocycles. The largest absolute Gasteiger partial charge is 0.344 e. The molecule has 0 saturated heterocycles. The summed E-state index contributed by atoms with van der Waals surface area (Å²) in [4.78, 5) is 0. The highest BCUT2D eigenvalue weighted by atomic mass is 14.9. The summed E-state index contributed by atoms with van der Waals surface area (Å²) >= 11 is 0. The monoisotopic (exact) mass is 229 g/mol. The van der Waals surface area contributed by atoms with Crippen molar-refractivity contribution in [2.45, 2.75) is 0 Å². The molecule has 0 aliphatic carbocycles. The van der Waals surface area contributed by atoms with Gasteiger partial charge in [-0.05, 0) is 30.3 Å². The van der Waals surface area contributed by atoms with Gasteiger partial charge < -0.3 is 4.57 Å². The van der Waals surface area contributed by atoms with Crippen LogP contribution in [0.1, 0.15) is 11.1 Å². The van der Waals surface area contributed by atoms with Crippen LogP contribution in [0, 0.1) is 24.7 Å². The number of rotatable bonds is 0. The van der Waals surface area contributed by atoms with Crippen LogP contribution in [0.2, 0.25) is 0 Å². The number of hydrogen-bond acceptors (Lipinski definition) is 0. The molecule has 0 unspecified atom stereocenters. The van der Waals surface area contributed by atoms with Crippen molar-refractivity contribution in [3.8, 4) is 24.7 Å². The Kier molecular flexibility index (Phi) is 2.15. The molecule has 0 radical (unpaired) electrons. The minimum Gasteiger partial charge on any atom is -0.344 e. The van der Waals surface area contributed by atoms with Crippen molar-refractivity contribution in [3.05, 3.63) is 47.5 Å². The van der Waals surface area contributed by atoms with Gasteiger partial charge in [-0.1, -0.05) is 17.9 Å². The molecular formula is C17H11N. The molecule has 3 rings (SSSR count). The standard InChI is InChI=1S/C17H11N/c1-4-12-7-9-16-15(10-12)14-8-6-13(5-2)11-17(14)18(16)3/h1-2,6-11H,3H3. The molecule has 84 valence electrons. The van der Waals surface area contributed by atoms with E-state index in [1.54, 1.807) is 0 Å². The van der Waals surface area contributed by atoms with Crippen LogP contribution in [-0.2, 0) is 7.05 Å². The summed E-state index contributed by atoms with van der Waals surface area (Å²) in [5.41, 5.74) is 4.09. The molecule has 0 fully saturated rings. The zero-order valence-corrected chi connectivity index (χ0v) is 10.1. The number of fused-ring (bicyclic) bond motifs is 3. The van der Waals surface area contributed by atoms with Crippen molar-refractivity contribution in [1.29, 1.82) is 0 Å². The number of hydrogen-bond donors (Lipinski definition) is 0. The summed E-state index contributed by atoms with van der Waals surface area (Å²) in [5.74, 6) is 5.34. The maximum absolute atomic E-state index is 5.45. The molecule has 18 heavy (non-hydrogen) atoms. The number of benzene rings is 2. The highest BCUT2D eigenvalue weighted by Crippen LogP contribution is 2.29. The molecule has 3 aromatic rings. The Morgan fingerprint density at radius 3 is 2.22 bits per heavy atom. The number of nitrogens with zero attached hydrogens (tertiary/aromatic N) is 1. The smallest absolute Gasteiger partial charge is 0.0501 e. The first-order valence-electron chi connectivity index (χ1n) is 5.70. The molecule has 0 bridgehead atoms. The summed E-state index contributed by atoms with van der Waals surface area (Å²) in [7, 11) is 2.04. The predicted octanol–water partition coefficient (Wildman–Crippen LogP) is 3.29. The highest BCUT2D eigenvalue weighted by Gasteiger charge is 2.08. The van der Waals surface area contributed by atoms with Crippen LogP contribution in [-0.4, -0.2) is 4.57 Å². The quantitative estimate of drug-likeness (QED) is 0.521. The van der Waals surface area contributed by atoms with Crippen molar-refractivity contribution < 1.29 is 0 Å². The lowest BCUT2D eigenvalue weighted by atomic mass is 10.1. The molecule has 0 N–H and O–H groups in total. The van der Waals surface area contributed by atoms with Gasteiger partial charge in [0.05, 0.1) is 5.52 Å². The fraction of sp³-hybridized carbons (Fsp3) is 0.0588. The Labute approximate surface area is 106 Å². The lowest BCUT2D eigenvalue weighted by molar-refractivity contribution is 1.01. The second-order valence-electron chi connectivity index (χ2n) is 4.31. The first-order chi connectivity index (χ1) is 8.74. The third-order valence-corrected chi connectivity index (χ3v) is 3.34. The third-order valence-electron chi connectivity index (χ3n) is 3.34. The molecular weight excluding hydrogens is 218 g/mol. The Balaban J connectivity index is 2.52. The lowest BCUT2D eigenvalue weighted by Crippen LogP contribution is -1.87. The van der Waals surface area contributed by atoms with Gasteiger partial charge in [-0.25, -0.2) is 0 Å². The normalized spacial score (nSPS) is 10.4. The zero-order valence-electron chi connectivity index (χ0n) is 10.1. The second-order valence-corrected chi connectivity index (χ2v) is 4.31. The fourth-order valence-electron chi connectivity index (χ4n) is 2.39. The topological polar surface area (TPSA) is 4.93 Å². The van der Waals surface area contributed by atoms with E-state index in [1.807, 2.05) is 31.3 Å². The van der Waals surface area contributed by atoms with E-state index in [9.17, 15) is 0 Å². The number of aryl methyl sites for hydroxylation is 1. The van der Waals surface area contributed by atoms with Crippen LogP contribution in [0.25, 0.3) is 21.8 Å². The van der Waals surface area contributed by atoms with Gasteiger partial charge in [0.15, 0.2) is 0 Å². The first-order valence-corrected chi connectivity index (χ1v) is 5.70. The first kappa shape index (κ1) is 10.5. The molecule has 0 spiro atoms. The number of aromatic nitrogens is 1. The molecule has 0 saturated carbocycles. The van der Waals surface area contributed by atoms with Crippen LogP contribution in [0.4, 0.5) is 0 Å². The molecule has 1 aromatic heterocycles. The molecule has 2 aromatic carbocycles. The fourth-order valence-corrected chi connectivity index (χ4v) is 2.39. The van der Waals surface area contributed by atoms with Crippen LogP contribution < -0.4 is 0 Å². The van der Waals surface area contributed by atoms with Crippen molar-refractivity contribution in [2.75, 3.05) is 0 Å². The SMILES string of the molecule is C#Cc1ccc2c(c1)c1ccc(C#C)cc1n2C. The average molecular weight is 229 g/mol. The maximum Gasteiger partial charge on any atom is 0.0501 e.